The van der Waals surface area contributed by atoms with E-state index in [1.54, 1.807) is 43.3 Å². The predicted octanol–water partition coefficient (Wildman–Crippen LogP) is 3.99. The summed E-state index contributed by atoms with van der Waals surface area (Å²) in [5, 5.41) is 2.88. The van der Waals surface area contributed by atoms with Gasteiger partial charge in [-0.2, -0.15) is 0 Å². The van der Waals surface area contributed by atoms with Gasteiger partial charge in [-0.3, -0.25) is 9.59 Å². The second kappa shape index (κ2) is 8.26. The maximum Gasteiger partial charge on any atom is 0.374 e. The Morgan fingerprint density at radius 1 is 1.21 bits per heavy atom. The van der Waals surface area contributed by atoms with E-state index >= 15 is 0 Å². The quantitative estimate of drug-likeness (QED) is 0.594. The van der Waals surface area contributed by atoms with Crippen LogP contribution >= 0.6 is 15.9 Å². The summed E-state index contributed by atoms with van der Waals surface area (Å²) in [5.41, 5.74) is 0.169. The van der Waals surface area contributed by atoms with E-state index in [4.69, 9.17) is 15.3 Å². The molecule has 0 aliphatic carbocycles. The zero-order chi connectivity index (χ0) is 21.0. The zero-order valence-electron chi connectivity index (χ0n) is 15.8. The molecule has 0 aliphatic rings. The molecule has 0 spiro atoms. The molecule has 2 aromatic carbocycles. The molecule has 0 fully saturated rings. The Bertz CT molecular complexity index is 1130. The number of halogens is 1. The molecule has 0 radical (unpaired) electrons. The monoisotopic (exact) mass is 447 g/mol. The minimum atomic E-state index is -0.767. The lowest BCUT2D eigenvalue weighted by Gasteiger charge is -2.10. The number of fused-ring (bicyclic) bond motifs is 1. The van der Waals surface area contributed by atoms with Gasteiger partial charge in [0.1, 0.15) is 5.75 Å². The molecule has 3 rings (SSSR count). The van der Waals surface area contributed by atoms with Crippen LogP contribution in [0, 0.1) is 0 Å². The van der Waals surface area contributed by atoms with E-state index in [2.05, 4.69) is 21.2 Å². The highest BCUT2D eigenvalue weighted by atomic mass is 79.9. The molecule has 1 aromatic heterocycles. The highest BCUT2D eigenvalue weighted by molar-refractivity contribution is 9.10. The average molecular weight is 448 g/mol. The summed E-state index contributed by atoms with van der Waals surface area (Å²) in [6, 6.07) is 10.4. The number of carbonyl (C=O) groups is 2. The van der Waals surface area contributed by atoms with Crippen LogP contribution in [0.5, 0.6) is 5.75 Å². The molecule has 0 aliphatic heterocycles. The summed E-state index contributed by atoms with van der Waals surface area (Å²) in [4.78, 5) is 37.0. The summed E-state index contributed by atoms with van der Waals surface area (Å²) >= 11 is 3.30. The number of nitrogens with one attached hydrogen (secondary N) is 1. The van der Waals surface area contributed by atoms with Gasteiger partial charge in [0.15, 0.2) is 11.0 Å². The first kappa shape index (κ1) is 18.2. The summed E-state index contributed by atoms with van der Waals surface area (Å²) in [7, 11) is -0.225. The predicted molar refractivity (Wildman–Crippen MR) is 107 cm³/mol. The van der Waals surface area contributed by atoms with Gasteiger partial charge < -0.3 is 19.2 Å². The molecule has 1 heterocycles. The third kappa shape index (κ3) is 4.07. The van der Waals surface area contributed by atoms with Crippen LogP contribution in [0.1, 0.15) is 29.2 Å². The third-order valence-electron chi connectivity index (χ3n) is 3.80. The van der Waals surface area contributed by atoms with Crippen molar-refractivity contribution in [3.63, 3.8) is 0 Å². The van der Waals surface area contributed by atoms with Gasteiger partial charge in [0.25, 0.3) is 5.91 Å². The van der Waals surface area contributed by atoms with Crippen LogP contribution in [-0.2, 0) is 4.74 Å². The second-order valence-corrected chi connectivity index (χ2v) is 6.56. The molecule has 0 bridgehead atoms. The topological polar surface area (TPSA) is 94.8 Å². The van der Waals surface area contributed by atoms with E-state index < -0.39 is 17.3 Å². The van der Waals surface area contributed by atoms with Gasteiger partial charge >= 0.3 is 5.97 Å². The van der Waals surface area contributed by atoms with Crippen LogP contribution < -0.4 is 15.5 Å². The van der Waals surface area contributed by atoms with Gasteiger partial charge in [-0.05, 0) is 43.3 Å². The van der Waals surface area contributed by atoms with Crippen LogP contribution in [0.3, 0.4) is 0 Å². The number of hydrogen-bond donors (Lipinski definition) is 1. The van der Waals surface area contributed by atoms with Gasteiger partial charge in [0.05, 0.1) is 26.1 Å². The molecule has 3 aromatic rings. The van der Waals surface area contributed by atoms with Crippen LogP contribution in [-0.4, -0.2) is 25.6 Å². The first-order valence-corrected chi connectivity index (χ1v) is 9.00. The number of benzene rings is 2. The van der Waals surface area contributed by atoms with Gasteiger partial charge in [-0.25, -0.2) is 4.79 Å². The molecule has 8 heteroatoms. The standard InChI is InChI=1S/C20H16BrNO6/c1-3-27-20(25)17-10-16(23)14-8-12(21)9-15(18(14)28-17)22-19(24)11-4-6-13(26-2)7-5-11/h4-10H,3H2,1-2H3,(H,22,24)/i2T. The smallest absolute Gasteiger partial charge is 0.374 e. The van der Waals surface area contributed by atoms with Crippen molar-refractivity contribution in [2.24, 2.45) is 0 Å². The maximum atomic E-state index is 12.6. The Morgan fingerprint density at radius 3 is 2.64 bits per heavy atom. The summed E-state index contributed by atoms with van der Waals surface area (Å²) in [5.74, 6) is -1.00. The van der Waals surface area contributed by atoms with E-state index in [0.717, 1.165) is 6.07 Å². The first-order chi connectivity index (χ1) is 13.9. The van der Waals surface area contributed by atoms with E-state index in [0.29, 0.717) is 15.8 Å². The number of amides is 1. The largest absolute Gasteiger partial charge is 0.497 e. The molecule has 1 N–H and O–H groups in total. The molecular formula is C20H16BrNO6. The van der Waals surface area contributed by atoms with Gasteiger partial charge in [-0.1, -0.05) is 15.9 Å². The van der Waals surface area contributed by atoms with Crippen LogP contribution in [0.2, 0.25) is 0 Å². The molecule has 7 nitrogen and oxygen atoms in total. The Hall–Kier alpha value is -3.13. The lowest BCUT2D eigenvalue weighted by Crippen LogP contribution is -2.14. The fourth-order valence-corrected chi connectivity index (χ4v) is 2.97. The minimum absolute atomic E-state index is 0.0614. The normalized spacial score (nSPS) is 11.0. The minimum Gasteiger partial charge on any atom is -0.497 e. The van der Waals surface area contributed by atoms with Crippen LogP contribution in [0.15, 0.2) is 56.1 Å². The molecule has 0 unspecified atom stereocenters. The van der Waals surface area contributed by atoms with Crippen molar-refractivity contribution in [2.45, 2.75) is 6.92 Å². The SMILES string of the molecule is [3H]COc1ccc(C(=O)Nc2cc(Br)cc3c(=O)cc(C(=O)OCC)oc23)cc1. The van der Waals surface area contributed by atoms with E-state index in [9.17, 15) is 14.4 Å². The number of ether oxygens (including phenoxy) is 2. The van der Waals surface area contributed by atoms with Gasteiger partial charge in [-0.15, -0.1) is 0 Å². The maximum absolute atomic E-state index is 12.6. The fourth-order valence-electron chi connectivity index (χ4n) is 2.52. The first-order valence-electron chi connectivity index (χ1n) is 8.91. The second-order valence-electron chi connectivity index (χ2n) is 5.65. The van der Waals surface area contributed by atoms with E-state index in [1.165, 1.54) is 0 Å². The molecule has 28 heavy (non-hydrogen) atoms. The Morgan fingerprint density at radius 2 is 1.96 bits per heavy atom. The lowest BCUT2D eigenvalue weighted by molar-refractivity contribution is 0.0490. The highest BCUT2D eigenvalue weighted by Crippen LogP contribution is 2.28. The van der Waals surface area contributed by atoms with Crippen LogP contribution in [0.4, 0.5) is 5.69 Å². The van der Waals surface area contributed by atoms with Crippen molar-refractivity contribution < 1.29 is 24.9 Å². The Kier molecular flexibility index (Phi) is 5.38. The van der Waals surface area contributed by atoms with E-state index in [-0.39, 0.29) is 36.1 Å². The lowest BCUT2D eigenvalue weighted by atomic mass is 10.1. The van der Waals surface area contributed by atoms with Crippen molar-refractivity contribution in [2.75, 3.05) is 19.0 Å². The van der Waals surface area contributed by atoms with Crippen molar-refractivity contribution in [1.29, 1.82) is 0 Å². The number of esters is 1. The van der Waals surface area contributed by atoms with E-state index in [1.807, 2.05) is 0 Å². The Labute approximate surface area is 169 Å². The zero-order valence-corrected chi connectivity index (χ0v) is 16.4. The Balaban J connectivity index is 2.00. The van der Waals surface area contributed by atoms with Crippen molar-refractivity contribution in [3.8, 4) is 5.75 Å². The van der Waals surface area contributed by atoms with Crippen molar-refractivity contribution in [1.82, 2.24) is 0 Å². The summed E-state index contributed by atoms with van der Waals surface area (Å²) in [6.45, 7) is 1.77. The average Bonchev–Trinajstić information content (AvgIpc) is 2.69. The number of rotatable bonds is 5. The summed E-state index contributed by atoms with van der Waals surface area (Å²) in [6.07, 6.45) is 0. The number of anilines is 1. The number of methoxy groups -OCH3 is 1. The molecule has 0 saturated heterocycles. The van der Waals surface area contributed by atoms with Gasteiger partial charge in [0.2, 0.25) is 5.76 Å². The fraction of sp³-hybridized carbons (Fsp3) is 0.150. The van der Waals surface area contributed by atoms with Crippen molar-refractivity contribution in [3.05, 3.63) is 68.5 Å². The molecule has 144 valence electrons. The highest BCUT2D eigenvalue weighted by Gasteiger charge is 2.18. The molecular weight excluding hydrogens is 430 g/mol. The number of hydrogen-bond acceptors (Lipinski definition) is 6. The molecule has 0 saturated carbocycles. The van der Waals surface area contributed by atoms with Gasteiger partial charge in [0, 0.05) is 16.1 Å². The third-order valence-corrected chi connectivity index (χ3v) is 4.26. The summed E-state index contributed by atoms with van der Waals surface area (Å²) < 4.78 is 23.1. The van der Waals surface area contributed by atoms with Crippen LogP contribution in [0.25, 0.3) is 11.0 Å². The molecule has 0 atom stereocenters. The number of carbonyl (C=O) groups excluding carboxylic acids is 2. The molecule has 1 amide bonds. The van der Waals surface area contributed by atoms with Crippen molar-refractivity contribution >= 4 is 44.5 Å².